The molecular formula is C50H33NO. The van der Waals surface area contributed by atoms with Gasteiger partial charge in [0.05, 0.1) is 5.69 Å². The van der Waals surface area contributed by atoms with E-state index in [-0.39, 0.29) is 0 Å². The van der Waals surface area contributed by atoms with Gasteiger partial charge in [0.25, 0.3) is 0 Å². The third-order valence-corrected chi connectivity index (χ3v) is 10.3. The van der Waals surface area contributed by atoms with Crippen molar-refractivity contribution in [3.8, 4) is 33.4 Å². The van der Waals surface area contributed by atoms with Gasteiger partial charge in [0.2, 0.25) is 0 Å². The van der Waals surface area contributed by atoms with E-state index in [1.165, 1.54) is 43.8 Å². The first kappa shape index (κ1) is 30.0. The van der Waals surface area contributed by atoms with Crippen molar-refractivity contribution >= 4 is 60.5 Å². The fraction of sp³-hybridized carbons (Fsp3) is 0. The molecule has 0 spiro atoms. The van der Waals surface area contributed by atoms with E-state index in [0.29, 0.717) is 0 Å². The Labute approximate surface area is 302 Å². The van der Waals surface area contributed by atoms with E-state index in [1.54, 1.807) is 0 Å². The highest BCUT2D eigenvalue weighted by molar-refractivity contribution is 6.13. The van der Waals surface area contributed by atoms with Crippen LogP contribution in [-0.4, -0.2) is 0 Å². The highest BCUT2D eigenvalue weighted by atomic mass is 16.3. The van der Waals surface area contributed by atoms with Crippen molar-refractivity contribution < 1.29 is 4.42 Å². The van der Waals surface area contributed by atoms with E-state index in [4.69, 9.17) is 4.42 Å². The Balaban J connectivity index is 1.18. The summed E-state index contributed by atoms with van der Waals surface area (Å²) >= 11 is 0. The van der Waals surface area contributed by atoms with Gasteiger partial charge in [0.15, 0.2) is 0 Å². The lowest BCUT2D eigenvalue weighted by molar-refractivity contribution is 0.669. The molecule has 0 N–H and O–H groups in total. The van der Waals surface area contributed by atoms with Crippen LogP contribution in [0.3, 0.4) is 0 Å². The number of para-hydroxylation sites is 2. The second-order valence-electron chi connectivity index (χ2n) is 13.3. The summed E-state index contributed by atoms with van der Waals surface area (Å²) in [4.78, 5) is 2.41. The Morgan fingerprint density at radius 2 is 0.904 bits per heavy atom. The fourth-order valence-corrected chi connectivity index (χ4v) is 7.87. The van der Waals surface area contributed by atoms with Crippen molar-refractivity contribution in [2.75, 3.05) is 4.90 Å². The van der Waals surface area contributed by atoms with E-state index in [2.05, 4.69) is 193 Å². The lowest BCUT2D eigenvalue weighted by atomic mass is 9.90. The van der Waals surface area contributed by atoms with Gasteiger partial charge in [-0.2, -0.15) is 0 Å². The average Bonchev–Trinajstić information content (AvgIpc) is 3.60. The van der Waals surface area contributed by atoms with E-state index < -0.39 is 0 Å². The predicted octanol–water partition coefficient (Wildman–Crippen LogP) is 14.4. The summed E-state index contributed by atoms with van der Waals surface area (Å²) in [5.41, 5.74) is 12.2. The van der Waals surface area contributed by atoms with Gasteiger partial charge in [-0.05, 0) is 91.8 Å². The quantitative estimate of drug-likeness (QED) is 0.176. The van der Waals surface area contributed by atoms with Gasteiger partial charge >= 0.3 is 0 Å². The van der Waals surface area contributed by atoms with Crippen LogP contribution in [0.5, 0.6) is 0 Å². The number of hydrogen-bond donors (Lipinski definition) is 0. The normalized spacial score (nSPS) is 11.5. The molecule has 2 heteroatoms. The summed E-state index contributed by atoms with van der Waals surface area (Å²) in [7, 11) is 0. The standard InChI is InChI=1S/C50H33NO/c1-2-14-35(15-3-1)41-21-10-17-37-18-11-23-44(49(37)41)43-19-6-8-24-46(43)51(40-32-27-34-13-4-5-16-38(34)33-40)39-30-28-36(29-31-39)42-22-12-26-48-50(42)45-20-7-9-25-47(45)52-48/h1-33H. The largest absolute Gasteiger partial charge is 0.456 e. The molecule has 52 heavy (non-hydrogen) atoms. The molecule has 0 fully saturated rings. The highest BCUT2D eigenvalue weighted by Crippen LogP contribution is 2.46. The zero-order valence-corrected chi connectivity index (χ0v) is 28.4. The van der Waals surface area contributed by atoms with E-state index in [9.17, 15) is 0 Å². The topological polar surface area (TPSA) is 16.4 Å². The number of anilines is 3. The zero-order valence-electron chi connectivity index (χ0n) is 28.4. The third-order valence-electron chi connectivity index (χ3n) is 10.3. The maximum absolute atomic E-state index is 6.24. The minimum absolute atomic E-state index is 0.902. The molecule has 10 aromatic rings. The predicted molar refractivity (Wildman–Crippen MR) is 220 cm³/mol. The van der Waals surface area contributed by atoms with Crippen molar-refractivity contribution in [2.45, 2.75) is 0 Å². The monoisotopic (exact) mass is 663 g/mol. The van der Waals surface area contributed by atoms with E-state index in [0.717, 1.165) is 50.1 Å². The summed E-state index contributed by atoms with van der Waals surface area (Å²) in [6.07, 6.45) is 0. The molecule has 10 rings (SSSR count). The number of benzene rings is 9. The van der Waals surface area contributed by atoms with Gasteiger partial charge < -0.3 is 9.32 Å². The van der Waals surface area contributed by atoms with Crippen molar-refractivity contribution in [2.24, 2.45) is 0 Å². The Kier molecular flexibility index (Phi) is 7.18. The van der Waals surface area contributed by atoms with Crippen LogP contribution in [0.4, 0.5) is 17.1 Å². The Bertz CT molecular complexity index is 2900. The van der Waals surface area contributed by atoms with Crippen LogP contribution in [0.25, 0.3) is 76.9 Å². The minimum Gasteiger partial charge on any atom is -0.456 e. The lowest BCUT2D eigenvalue weighted by Crippen LogP contribution is -2.11. The molecule has 1 heterocycles. The van der Waals surface area contributed by atoms with Crippen LogP contribution in [0.2, 0.25) is 0 Å². The molecule has 0 aliphatic heterocycles. The molecule has 0 atom stereocenters. The third kappa shape index (κ3) is 5.04. The summed E-state index contributed by atoms with van der Waals surface area (Å²) in [5.74, 6) is 0. The van der Waals surface area contributed by atoms with Gasteiger partial charge in [0, 0.05) is 27.7 Å². The number of rotatable bonds is 6. The van der Waals surface area contributed by atoms with E-state index >= 15 is 0 Å². The number of hydrogen-bond acceptors (Lipinski definition) is 2. The van der Waals surface area contributed by atoms with E-state index in [1.807, 2.05) is 12.1 Å². The van der Waals surface area contributed by atoms with Gasteiger partial charge in [0.1, 0.15) is 11.2 Å². The van der Waals surface area contributed by atoms with Crippen LogP contribution in [0.1, 0.15) is 0 Å². The van der Waals surface area contributed by atoms with Crippen molar-refractivity contribution in [3.63, 3.8) is 0 Å². The molecule has 9 aromatic carbocycles. The van der Waals surface area contributed by atoms with Crippen LogP contribution in [0, 0.1) is 0 Å². The molecule has 2 nitrogen and oxygen atoms in total. The molecule has 0 radical (unpaired) electrons. The van der Waals surface area contributed by atoms with Crippen LogP contribution >= 0.6 is 0 Å². The molecule has 0 saturated carbocycles. The maximum atomic E-state index is 6.24. The van der Waals surface area contributed by atoms with Crippen LogP contribution in [0.15, 0.2) is 205 Å². The van der Waals surface area contributed by atoms with Crippen LogP contribution in [-0.2, 0) is 0 Å². The second kappa shape index (κ2) is 12.5. The molecule has 0 amide bonds. The summed E-state index contributed by atoms with van der Waals surface area (Å²) in [6.45, 7) is 0. The molecule has 0 saturated heterocycles. The Hall–Kier alpha value is -6.90. The zero-order chi connectivity index (χ0) is 34.4. The van der Waals surface area contributed by atoms with Gasteiger partial charge in [-0.1, -0.05) is 158 Å². The van der Waals surface area contributed by atoms with Crippen LogP contribution < -0.4 is 4.90 Å². The van der Waals surface area contributed by atoms with Crippen molar-refractivity contribution in [3.05, 3.63) is 200 Å². The fourth-order valence-electron chi connectivity index (χ4n) is 7.87. The molecule has 0 aliphatic rings. The minimum atomic E-state index is 0.902. The lowest BCUT2D eigenvalue weighted by Gasteiger charge is -2.29. The van der Waals surface area contributed by atoms with Gasteiger partial charge in [-0.15, -0.1) is 0 Å². The number of nitrogens with zero attached hydrogens (tertiary/aromatic N) is 1. The summed E-state index contributed by atoms with van der Waals surface area (Å²) < 4.78 is 6.24. The van der Waals surface area contributed by atoms with Crippen molar-refractivity contribution in [1.29, 1.82) is 0 Å². The van der Waals surface area contributed by atoms with Gasteiger partial charge in [-0.3, -0.25) is 0 Å². The Morgan fingerprint density at radius 1 is 0.327 bits per heavy atom. The Morgan fingerprint density at radius 3 is 1.75 bits per heavy atom. The molecule has 0 bridgehead atoms. The average molecular weight is 664 g/mol. The maximum Gasteiger partial charge on any atom is 0.136 e. The summed E-state index contributed by atoms with van der Waals surface area (Å²) in [6, 6.07) is 71.8. The SMILES string of the molecule is c1ccc(-c2cccc3cccc(-c4ccccc4N(c4ccc(-c5cccc6oc7ccccc7c56)cc4)c4ccc5ccccc5c4)c23)cc1. The molecule has 244 valence electrons. The molecular weight excluding hydrogens is 631 g/mol. The first-order valence-corrected chi connectivity index (χ1v) is 17.8. The highest BCUT2D eigenvalue weighted by Gasteiger charge is 2.20. The molecule has 0 unspecified atom stereocenters. The molecule has 1 aromatic heterocycles. The summed E-state index contributed by atoms with van der Waals surface area (Å²) in [5, 5.41) is 7.17. The first-order valence-electron chi connectivity index (χ1n) is 17.8. The smallest absolute Gasteiger partial charge is 0.136 e. The number of fused-ring (bicyclic) bond motifs is 5. The molecule has 0 aliphatic carbocycles. The second-order valence-corrected chi connectivity index (χ2v) is 13.3. The van der Waals surface area contributed by atoms with Gasteiger partial charge in [-0.25, -0.2) is 0 Å². The van der Waals surface area contributed by atoms with Crippen molar-refractivity contribution in [1.82, 2.24) is 0 Å². The number of furan rings is 1. The first-order chi connectivity index (χ1) is 25.8.